The quantitative estimate of drug-likeness (QED) is 0.852. The first kappa shape index (κ1) is 16.3. The maximum atomic E-state index is 13.8. The van der Waals surface area contributed by atoms with Crippen molar-refractivity contribution in [3.05, 3.63) is 29.6 Å². The molecule has 2 amide bonds. The Morgan fingerprint density at radius 3 is 2.45 bits per heavy atom. The lowest BCUT2D eigenvalue weighted by Gasteiger charge is -2.23. The highest BCUT2D eigenvalue weighted by atomic mass is 19.2. The Hall–Kier alpha value is -2.05. The lowest BCUT2D eigenvalue weighted by Crippen LogP contribution is -2.44. The van der Waals surface area contributed by atoms with Crippen LogP contribution in [0.15, 0.2) is 12.1 Å². The number of carbonyl (C=O) groups is 2. The summed E-state index contributed by atoms with van der Waals surface area (Å²) in [6, 6.07) is 1.75. The predicted molar refractivity (Wildman–Crippen MR) is 74.7 cm³/mol. The van der Waals surface area contributed by atoms with Crippen molar-refractivity contribution in [1.82, 2.24) is 5.32 Å². The third-order valence-electron chi connectivity index (χ3n) is 3.30. The van der Waals surface area contributed by atoms with Gasteiger partial charge in [-0.15, -0.1) is 0 Å². The Kier molecular flexibility index (Phi) is 4.17. The molecule has 0 aliphatic carbocycles. The molecular formula is C15H17F3N2O2. The Morgan fingerprint density at radius 1 is 1.23 bits per heavy atom. The number of hydrogen-bond acceptors (Lipinski definition) is 2. The maximum Gasteiger partial charge on any atom is 0.227 e. The average molecular weight is 314 g/mol. The van der Waals surface area contributed by atoms with E-state index in [4.69, 9.17) is 0 Å². The fourth-order valence-electron chi connectivity index (χ4n) is 2.31. The predicted octanol–water partition coefficient (Wildman–Crippen LogP) is 2.37. The number of amides is 2. The first-order chi connectivity index (χ1) is 10.1. The second-order valence-corrected chi connectivity index (χ2v) is 6.34. The third-order valence-corrected chi connectivity index (χ3v) is 3.30. The van der Waals surface area contributed by atoms with Crippen LogP contribution in [0.2, 0.25) is 0 Å². The highest BCUT2D eigenvalue weighted by Crippen LogP contribution is 2.29. The SMILES string of the molecule is CC(C)(C)NC(=O)C1CC(=O)N(c2ccc(F)c(F)c2F)C1. The standard InChI is InChI=1S/C15H17F3N2O2/c1-15(2,3)19-14(22)8-6-11(21)20(7-8)10-5-4-9(16)12(17)13(10)18/h4-5,8H,6-7H2,1-3H3,(H,19,22). The summed E-state index contributed by atoms with van der Waals surface area (Å²) >= 11 is 0. The Balaban J connectivity index is 2.20. The molecule has 120 valence electrons. The van der Waals surface area contributed by atoms with E-state index in [0.717, 1.165) is 17.0 Å². The summed E-state index contributed by atoms with van der Waals surface area (Å²) in [6.07, 6.45) is -0.0969. The molecule has 1 aliphatic rings. The molecule has 4 nitrogen and oxygen atoms in total. The van der Waals surface area contributed by atoms with Gasteiger partial charge in [-0.05, 0) is 32.9 Å². The normalized spacial score (nSPS) is 18.7. The van der Waals surface area contributed by atoms with Crippen LogP contribution in [0.25, 0.3) is 0 Å². The summed E-state index contributed by atoms with van der Waals surface area (Å²) in [5.74, 6) is -5.86. The minimum absolute atomic E-state index is 0.0667. The second-order valence-electron chi connectivity index (χ2n) is 6.34. The molecule has 0 radical (unpaired) electrons. The molecule has 1 unspecified atom stereocenters. The van der Waals surface area contributed by atoms with E-state index in [0.29, 0.717) is 0 Å². The van der Waals surface area contributed by atoms with Crippen molar-refractivity contribution < 1.29 is 22.8 Å². The average Bonchev–Trinajstić information content (AvgIpc) is 2.77. The zero-order valence-corrected chi connectivity index (χ0v) is 12.5. The van der Waals surface area contributed by atoms with Gasteiger partial charge in [0.2, 0.25) is 11.8 Å². The number of halogens is 3. The van der Waals surface area contributed by atoms with Gasteiger partial charge in [-0.25, -0.2) is 13.2 Å². The Morgan fingerprint density at radius 2 is 1.86 bits per heavy atom. The lowest BCUT2D eigenvalue weighted by atomic mass is 10.0. The molecule has 1 atom stereocenters. The zero-order valence-electron chi connectivity index (χ0n) is 12.5. The number of benzene rings is 1. The van der Waals surface area contributed by atoms with Crippen LogP contribution in [0.4, 0.5) is 18.9 Å². The number of carbonyl (C=O) groups excluding carboxylic acids is 2. The van der Waals surface area contributed by atoms with Gasteiger partial charge in [0, 0.05) is 18.5 Å². The van der Waals surface area contributed by atoms with Crippen molar-refractivity contribution in [2.75, 3.05) is 11.4 Å². The Labute approximate surface area is 126 Å². The van der Waals surface area contributed by atoms with Crippen LogP contribution in [0.3, 0.4) is 0 Å². The van der Waals surface area contributed by atoms with Crippen molar-refractivity contribution in [2.45, 2.75) is 32.7 Å². The summed E-state index contributed by atoms with van der Waals surface area (Å²) < 4.78 is 40.0. The molecule has 1 heterocycles. The summed E-state index contributed by atoms with van der Waals surface area (Å²) in [7, 11) is 0. The van der Waals surface area contributed by atoms with Gasteiger partial charge < -0.3 is 10.2 Å². The van der Waals surface area contributed by atoms with E-state index < -0.39 is 34.8 Å². The molecule has 1 aromatic carbocycles. The number of nitrogens with zero attached hydrogens (tertiary/aromatic N) is 1. The van der Waals surface area contributed by atoms with Gasteiger partial charge in [0.25, 0.3) is 0 Å². The van der Waals surface area contributed by atoms with Gasteiger partial charge in [-0.2, -0.15) is 0 Å². The molecule has 1 aliphatic heterocycles. The van der Waals surface area contributed by atoms with Gasteiger partial charge in [0.15, 0.2) is 17.5 Å². The highest BCUT2D eigenvalue weighted by molar-refractivity contribution is 6.00. The van der Waals surface area contributed by atoms with Crippen molar-refractivity contribution >= 4 is 17.5 Å². The van der Waals surface area contributed by atoms with Crippen LogP contribution in [0.5, 0.6) is 0 Å². The topological polar surface area (TPSA) is 49.4 Å². The van der Waals surface area contributed by atoms with E-state index in [9.17, 15) is 22.8 Å². The van der Waals surface area contributed by atoms with Crippen LogP contribution >= 0.6 is 0 Å². The summed E-state index contributed by atoms with van der Waals surface area (Å²) in [6.45, 7) is 5.33. The van der Waals surface area contributed by atoms with Gasteiger partial charge in [0.1, 0.15) is 0 Å². The van der Waals surface area contributed by atoms with Crippen LogP contribution < -0.4 is 10.2 Å². The largest absolute Gasteiger partial charge is 0.351 e. The summed E-state index contributed by atoms with van der Waals surface area (Å²) in [5.41, 5.74) is -0.809. The van der Waals surface area contributed by atoms with E-state index in [1.807, 2.05) is 0 Å². The van der Waals surface area contributed by atoms with Crippen LogP contribution in [-0.2, 0) is 9.59 Å². The molecular weight excluding hydrogens is 297 g/mol. The van der Waals surface area contributed by atoms with Gasteiger partial charge in [-0.3, -0.25) is 9.59 Å². The molecule has 1 saturated heterocycles. The molecule has 2 rings (SSSR count). The maximum absolute atomic E-state index is 13.8. The van der Waals surface area contributed by atoms with Crippen molar-refractivity contribution in [3.8, 4) is 0 Å². The van der Waals surface area contributed by atoms with E-state index >= 15 is 0 Å². The van der Waals surface area contributed by atoms with Crippen molar-refractivity contribution in [1.29, 1.82) is 0 Å². The number of nitrogens with one attached hydrogen (secondary N) is 1. The third kappa shape index (κ3) is 3.23. The Bertz CT molecular complexity index is 626. The molecule has 1 fully saturated rings. The van der Waals surface area contributed by atoms with Crippen LogP contribution in [-0.4, -0.2) is 23.9 Å². The zero-order chi connectivity index (χ0) is 16.7. The second kappa shape index (κ2) is 5.62. The smallest absolute Gasteiger partial charge is 0.227 e. The highest BCUT2D eigenvalue weighted by Gasteiger charge is 2.37. The monoisotopic (exact) mass is 314 g/mol. The van der Waals surface area contributed by atoms with Crippen LogP contribution in [0, 0.1) is 23.4 Å². The number of rotatable bonds is 2. The summed E-state index contributed by atoms with van der Waals surface area (Å²) in [5, 5.41) is 2.74. The lowest BCUT2D eigenvalue weighted by molar-refractivity contribution is -0.127. The van der Waals surface area contributed by atoms with E-state index in [1.165, 1.54) is 0 Å². The van der Waals surface area contributed by atoms with Gasteiger partial charge >= 0.3 is 0 Å². The van der Waals surface area contributed by atoms with Crippen molar-refractivity contribution in [3.63, 3.8) is 0 Å². The van der Waals surface area contributed by atoms with Gasteiger partial charge in [-0.1, -0.05) is 0 Å². The van der Waals surface area contributed by atoms with Gasteiger partial charge in [0.05, 0.1) is 11.6 Å². The van der Waals surface area contributed by atoms with E-state index in [1.54, 1.807) is 20.8 Å². The molecule has 1 N–H and O–H groups in total. The minimum Gasteiger partial charge on any atom is -0.351 e. The molecule has 0 saturated carbocycles. The molecule has 0 spiro atoms. The van der Waals surface area contributed by atoms with Crippen LogP contribution in [0.1, 0.15) is 27.2 Å². The fraction of sp³-hybridized carbons (Fsp3) is 0.467. The van der Waals surface area contributed by atoms with E-state index in [-0.39, 0.29) is 24.6 Å². The number of hydrogen-bond donors (Lipinski definition) is 1. The molecule has 22 heavy (non-hydrogen) atoms. The molecule has 7 heteroatoms. The molecule has 1 aromatic rings. The number of anilines is 1. The first-order valence-corrected chi connectivity index (χ1v) is 6.86. The first-order valence-electron chi connectivity index (χ1n) is 6.86. The fourth-order valence-corrected chi connectivity index (χ4v) is 2.31. The summed E-state index contributed by atoms with van der Waals surface area (Å²) in [4.78, 5) is 25.0. The molecule has 0 aromatic heterocycles. The van der Waals surface area contributed by atoms with Crippen molar-refractivity contribution in [2.24, 2.45) is 5.92 Å². The van der Waals surface area contributed by atoms with E-state index in [2.05, 4.69) is 5.32 Å². The minimum atomic E-state index is -1.63. The molecule has 0 bridgehead atoms.